The molecule has 0 aliphatic rings. The molecule has 1 N–H and O–H groups in total. The zero-order valence-corrected chi connectivity index (χ0v) is 16.8. The van der Waals surface area contributed by atoms with Crippen molar-refractivity contribution in [1.82, 2.24) is 0 Å². The summed E-state index contributed by atoms with van der Waals surface area (Å²) in [6, 6.07) is 21.6. The third-order valence-electron chi connectivity index (χ3n) is 4.32. The summed E-state index contributed by atoms with van der Waals surface area (Å²) in [6.45, 7) is 0. The number of amides is 1. The van der Waals surface area contributed by atoms with Gasteiger partial charge in [0.15, 0.2) is 0 Å². The number of anilines is 1. The van der Waals surface area contributed by atoms with Crippen LogP contribution in [0, 0.1) is 11.8 Å². The fourth-order valence-electron chi connectivity index (χ4n) is 2.89. The molecule has 3 rings (SSSR count). The van der Waals surface area contributed by atoms with Crippen LogP contribution in [0.2, 0.25) is 0 Å². The number of rotatable bonds is 5. The molecule has 0 saturated carbocycles. The lowest BCUT2D eigenvalue weighted by atomic mass is 10.1. The largest absolute Gasteiger partial charge is 0.496 e. The topological polar surface area (TPSA) is 64.6 Å². The zero-order valence-electron chi connectivity index (χ0n) is 16.8. The molecule has 0 heterocycles. The second kappa shape index (κ2) is 9.94. The Morgan fingerprint density at radius 3 is 2.30 bits per heavy atom. The molecule has 0 aromatic heterocycles. The lowest BCUT2D eigenvalue weighted by Crippen LogP contribution is -2.14. The predicted molar refractivity (Wildman–Crippen MR) is 116 cm³/mol. The minimum absolute atomic E-state index is 0.143. The summed E-state index contributed by atoms with van der Waals surface area (Å²) in [6.07, 6.45) is 0.209. The second-order valence-electron chi connectivity index (χ2n) is 6.44. The highest BCUT2D eigenvalue weighted by molar-refractivity contribution is 5.92. The summed E-state index contributed by atoms with van der Waals surface area (Å²) >= 11 is 0. The summed E-state index contributed by atoms with van der Waals surface area (Å²) in [5, 5.41) is 2.89. The Kier molecular flexibility index (Phi) is 6.86. The fourth-order valence-corrected chi connectivity index (χ4v) is 2.89. The van der Waals surface area contributed by atoms with Crippen molar-refractivity contribution in [1.29, 1.82) is 0 Å². The van der Waals surface area contributed by atoms with Crippen LogP contribution in [0.4, 0.5) is 5.69 Å². The Hall–Kier alpha value is -4.04. The predicted octanol–water partition coefficient (Wildman–Crippen LogP) is 4.06. The summed E-state index contributed by atoms with van der Waals surface area (Å²) < 4.78 is 10.0. The number of esters is 1. The van der Waals surface area contributed by atoms with Gasteiger partial charge in [0.25, 0.3) is 0 Å². The third-order valence-corrected chi connectivity index (χ3v) is 4.32. The number of para-hydroxylation sites is 1. The van der Waals surface area contributed by atoms with E-state index in [1.807, 2.05) is 48.5 Å². The molecular formula is C25H21NO4. The van der Waals surface area contributed by atoms with Gasteiger partial charge in [0.05, 0.1) is 26.2 Å². The van der Waals surface area contributed by atoms with Crippen LogP contribution < -0.4 is 10.1 Å². The quantitative estimate of drug-likeness (QED) is 0.519. The lowest BCUT2D eigenvalue weighted by Gasteiger charge is -2.09. The molecule has 0 unspecified atom stereocenters. The Labute approximate surface area is 175 Å². The number of hydrogen-bond donors (Lipinski definition) is 1. The van der Waals surface area contributed by atoms with Crippen molar-refractivity contribution in [2.45, 2.75) is 6.42 Å². The lowest BCUT2D eigenvalue weighted by molar-refractivity contribution is -0.115. The van der Waals surface area contributed by atoms with Crippen LogP contribution in [0.3, 0.4) is 0 Å². The molecule has 0 saturated heterocycles. The van der Waals surface area contributed by atoms with Crippen molar-refractivity contribution >= 4 is 17.6 Å². The van der Waals surface area contributed by atoms with Gasteiger partial charge >= 0.3 is 5.97 Å². The fraction of sp³-hybridized carbons (Fsp3) is 0.120. The number of carbonyl (C=O) groups excluding carboxylic acids is 2. The van der Waals surface area contributed by atoms with Crippen molar-refractivity contribution in [3.8, 4) is 17.6 Å². The van der Waals surface area contributed by atoms with Gasteiger partial charge in [-0.15, -0.1) is 0 Å². The average Bonchev–Trinajstić information content (AvgIpc) is 2.78. The van der Waals surface area contributed by atoms with Crippen LogP contribution >= 0.6 is 0 Å². The smallest absolute Gasteiger partial charge is 0.337 e. The van der Waals surface area contributed by atoms with Gasteiger partial charge in [0.1, 0.15) is 5.75 Å². The Balaban J connectivity index is 1.71. The molecule has 0 aliphatic heterocycles. The van der Waals surface area contributed by atoms with Crippen LogP contribution in [0.25, 0.3) is 0 Å². The molecule has 0 fully saturated rings. The van der Waals surface area contributed by atoms with Crippen LogP contribution in [0.1, 0.15) is 27.0 Å². The van der Waals surface area contributed by atoms with Crippen molar-refractivity contribution in [2.24, 2.45) is 0 Å². The summed E-state index contributed by atoms with van der Waals surface area (Å²) in [4.78, 5) is 24.1. The van der Waals surface area contributed by atoms with E-state index in [4.69, 9.17) is 9.47 Å². The first-order chi connectivity index (χ1) is 14.6. The first kappa shape index (κ1) is 20.7. The van der Waals surface area contributed by atoms with Gasteiger partial charge in [-0.05, 0) is 42.5 Å². The number of ether oxygens (including phenoxy) is 2. The molecule has 0 atom stereocenters. The van der Waals surface area contributed by atoms with E-state index in [1.165, 1.54) is 7.11 Å². The highest BCUT2D eigenvalue weighted by Gasteiger charge is 2.09. The van der Waals surface area contributed by atoms with E-state index < -0.39 is 5.97 Å². The number of nitrogens with one attached hydrogen (secondary N) is 1. The molecule has 150 valence electrons. The van der Waals surface area contributed by atoms with E-state index in [9.17, 15) is 9.59 Å². The maximum absolute atomic E-state index is 12.4. The number of carbonyl (C=O) groups is 2. The minimum atomic E-state index is -0.404. The van der Waals surface area contributed by atoms with E-state index in [0.717, 1.165) is 11.1 Å². The molecule has 0 aliphatic carbocycles. The first-order valence-electron chi connectivity index (χ1n) is 9.31. The highest BCUT2D eigenvalue weighted by Crippen LogP contribution is 2.19. The molecule has 3 aromatic rings. The standard InChI is InChI=1S/C25H21NO4/c1-29-23-12-4-3-9-20(23)17-24(27)26-22-11-6-8-19(16-22)14-13-18-7-5-10-21(15-18)25(28)30-2/h3-12,15-16H,17H2,1-2H3,(H,26,27). The normalized spacial score (nSPS) is 9.80. The van der Waals surface area contributed by atoms with Crippen molar-refractivity contribution in [3.63, 3.8) is 0 Å². The van der Waals surface area contributed by atoms with Crippen LogP contribution in [-0.4, -0.2) is 26.1 Å². The maximum atomic E-state index is 12.4. The van der Waals surface area contributed by atoms with Gasteiger partial charge in [-0.1, -0.05) is 42.2 Å². The Morgan fingerprint density at radius 1 is 0.867 bits per heavy atom. The van der Waals surface area contributed by atoms with Crippen molar-refractivity contribution in [2.75, 3.05) is 19.5 Å². The summed E-state index contributed by atoms with van der Waals surface area (Å²) in [5.41, 5.74) is 3.36. The third kappa shape index (κ3) is 5.49. The van der Waals surface area contributed by atoms with Gasteiger partial charge in [0.2, 0.25) is 5.91 Å². The van der Waals surface area contributed by atoms with Gasteiger partial charge in [-0.2, -0.15) is 0 Å². The van der Waals surface area contributed by atoms with E-state index in [-0.39, 0.29) is 12.3 Å². The Bertz CT molecular complexity index is 1120. The number of hydrogen-bond acceptors (Lipinski definition) is 4. The van der Waals surface area contributed by atoms with Gasteiger partial charge in [0, 0.05) is 22.4 Å². The zero-order chi connectivity index (χ0) is 21.3. The molecule has 3 aromatic carbocycles. The van der Waals surface area contributed by atoms with Gasteiger partial charge < -0.3 is 14.8 Å². The molecule has 30 heavy (non-hydrogen) atoms. The summed E-state index contributed by atoms with van der Waals surface area (Å²) in [5.74, 6) is 6.22. The van der Waals surface area contributed by atoms with Crippen LogP contribution in [0.5, 0.6) is 5.75 Å². The SMILES string of the molecule is COC(=O)c1cccc(C#Cc2cccc(NC(=O)Cc3ccccc3OC)c2)c1. The number of methoxy groups -OCH3 is 2. The van der Waals surface area contributed by atoms with E-state index in [2.05, 4.69) is 17.2 Å². The van der Waals surface area contributed by atoms with Gasteiger partial charge in [-0.25, -0.2) is 4.79 Å². The molecule has 0 bridgehead atoms. The van der Waals surface area contributed by atoms with Crippen LogP contribution in [-0.2, 0) is 16.0 Å². The minimum Gasteiger partial charge on any atom is -0.496 e. The van der Waals surface area contributed by atoms with Crippen LogP contribution in [0.15, 0.2) is 72.8 Å². The molecular weight excluding hydrogens is 378 g/mol. The Morgan fingerprint density at radius 2 is 1.57 bits per heavy atom. The first-order valence-corrected chi connectivity index (χ1v) is 9.31. The van der Waals surface area contributed by atoms with Crippen molar-refractivity contribution in [3.05, 3.63) is 95.1 Å². The van der Waals surface area contributed by atoms with Gasteiger partial charge in [-0.3, -0.25) is 4.79 Å². The maximum Gasteiger partial charge on any atom is 0.337 e. The van der Waals surface area contributed by atoms with Crippen molar-refractivity contribution < 1.29 is 19.1 Å². The monoisotopic (exact) mass is 399 g/mol. The summed E-state index contributed by atoms with van der Waals surface area (Å²) in [7, 11) is 2.92. The van der Waals surface area contributed by atoms with E-state index in [1.54, 1.807) is 31.4 Å². The molecule has 5 heteroatoms. The molecule has 1 amide bonds. The average molecular weight is 399 g/mol. The van der Waals surface area contributed by atoms with E-state index in [0.29, 0.717) is 22.6 Å². The second-order valence-corrected chi connectivity index (χ2v) is 6.44. The molecule has 5 nitrogen and oxygen atoms in total. The highest BCUT2D eigenvalue weighted by atomic mass is 16.5. The molecule has 0 radical (unpaired) electrons. The molecule has 0 spiro atoms. The number of benzene rings is 3. The van der Waals surface area contributed by atoms with E-state index >= 15 is 0 Å².